The molecule has 1 aliphatic carbocycles. The number of ether oxygens (including phenoxy) is 1. The van der Waals surface area contributed by atoms with Gasteiger partial charge >= 0.3 is 0 Å². The van der Waals surface area contributed by atoms with Crippen LogP contribution in [0.3, 0.4) is 0 Å². The smallest absolute Gasteiger partial charge is 0.244 e. The van der Waals surface area contributed by atoms with Gasteiger partial charge in [0, 0.05) is 36.3 Å². The summed E-state index contributed by atoms with van der Waals surface area (Å²) in [5.41, 5.74) is 1.03. The number of morpholine rings is 1. The molecule has 3 rings (SSSR count). The quantitative estimate of drug-likeness (QED) is 0.815. The van der Waals surface area contributed by atoms with Crippen molar-refractivity contribution in [2.45, 2.75) is 37.6 Å². The molecule has 0 radical (unpaired) electrons. The average Bonchev–Trinajstić information content (AvgIpc) is 2.66. The van der Waals surface area contributed by atoms with Gasteiger partial charge in [-0.1, -0.05) is 43.0 Å². The second kappa shape index (κ2) is 8.84. The van der Waals surface area contributed by atoms with Crippen LogP contribution in [-0.4, -0.2) is 49.2 Å². The number of halogens is 1. The predicted molar refractivity (Wildman–Crippen MR) is 102 cm³/mol. The third-order valence-corrected chi connectivity index (χ3v) is 5.57. The van der Waals surface area contributed by atoms with E-state index in [0.717, 1.165) is 44.7 Å². The topological polar surface area (TPSA) is 41.6 Å². The van der Waals surface area contributed by atoms with Gasteiger partial charge in [0.1, 0.15) is 0 Å². The molecule has 136 valence electrons. The molecule has 2 fully saturated rings. The van der Waals surface area contributed by atoms with Crippen LogP contribution in [-0.2, 0) is 9.53 Å². The number of benzene rings is 1. The number of nitrogens with one attached hydrogen (secondary N) is 1. The van der Waals surface area contributed by atoms with E-state index in [2.05, 4.69) is 10.2 Å². The van der Waals surface area contributed by atoms with Crippen LogP contribution in [0.25, 0.3) is 6.08 Å². The second-order valence-corrected chi connectivity index (χ2v) is 7.43. The molecule has 0 unspecified atom stereocenters. The van der Waals surface area contributed by atoms with Gasteiger partial charge in [0.25, 0.3) is 0 Å². The van der Waals surface area contributed by atoms with Crippen molar-refractivity contribution in [3.05, 3.63) is 40.9 Å². The van der Waals surface area contributed by atoms with Crippen molar-refractivity contribution < 1.29 is 9.53 Å². The van der Waals surface area contributed by atoms with E-state index in [0.29, 0.717) is 11.6 Å². The van der Waals surface area contributed by atoms with E-state index in [1.54, 1.807) is 6.08 Å². The van der Waals surface area contributed by atoms with E-state index < -0.39 is 0 Å². The van der Waals surface area contributed by atoms with E-state index >= 15 is 0 Å². The van der Waals surface area contributed by atoms with Crippen molar-refractivity contribution >= 4 is 23.6 Å². The zero-order valence-electron chi connectivity index (χ0n) is 14.7. The van der Waals surface area contributed by atoms with E-state index in [1.807, 2.05) is 30.3 Å². The largest absolute Gasteiger partial charge is 0.379 e. The molecule has 25 heavy (non-hydrogen) atoms. The minimum atomic E-state index is -0.0433. The fourth-order valence-electron chi connectivity index (χ4n) is 3.95. The molecule has 1 heterocycles. The van der Waals surface area contributed by atoms with Crippen LogP contribution in [0.2, 0.25) is 5.02 Å². The lowest BCUT2D eigenvalue weighted by Crippen LogP contribution is -2.59. The minimum absolute atomic E-state index is 0.0433. The van der Waals surface area contributed by atoms with Gasteiger partial charge in [-0.3, -0.25) is 9.69 Å². The van der Waals surface area contributed by atoms with Gasteiger partial charge in [-0.05, 0) is 36.6 Å². The van der Waals surface area contributed by atoms with E-state index in [9.17, 15) is 4.79 Å². The first-order valence-electron chi connectivity index (χ1n) is 9.22. The fraction of sp³-hybridized carbons (Fsp3) is 0.550. The van der Waals surface area contributed by atoms with Crippen LogP contribution < -0.4 is 5.32 Å². The maximum atomic E-state index is 12.3. The predicted octanol–water partition coefficient (Wildman–Crippen LogP) is 3.50. The van der Waals surface area contributed by atoms with Crippen molar-refractivity contribution in [1.29, 1.82) is 0 Å². The molecular weight excluding hydrogens is 336 g/mol. The van der Waals surface area contributed by atoms with E-state index in [4.69, 9.17) is 16.3 Å². The van der Waals surface area contributed by atoms with E-state index in [1.165, 1.54) is 19.3 Å². The highest BCUT2D eigenvalue weighted by atomic mass is 35.5. The molecule has 0 atom stereocenters. The molecule has 4 nitrogen and oxygen atoms in total. The lowest BCUT2D eigenvalue weighted by molar-refractivity contribution is -0.117. The summed E-state index contributed by atoms with van der Waals surface area (Å²) in [6.07, 6.45) is 9.51. The fourth-order valence-corrected chi connectivity index (χ4v) is 4.14. The summed E-state index contributed by atoms with van der Waals surface area (Å²) in [4.78, 5) is 14.8. The summed E-state index contributed by atoms with van der Waals surface area (Å²) in [5.74, 6) is -0.0433. The first kappa shape index (κ1) is 18.4. The average molecular weight is 363 g/mol. The molecule has 1 aromatic rings. The SMILES string of the molecule is O=C(/C=C\c1cccc(Cl)c1)NCC1(N2CCOCC2)CCCCC1. The lowest BCUT2D eigenvalue weighted by Gasteiger charge is -2.48. The summed E-state index contributed by atoms with van der Waals surface area (Å²) in [7, 11) is 0. The van der Waals surface area contributed by atoms with Gasteiger partial charge in [-0.25, -0.2) is 0 Å². The van der Waals surface area contributed by atoms with Gasteiger partial charge in [0.05, 0.1) is 13.2 Å². The number of hydrogen-bond donors (Lipinski definition) is 1. The van der Waals surface area contributed by atoms with Crippen molar-refractivity contribution in [3.63, 3.8) is 0 Å². The van der Waals surface area contributed by atoms with Crippen molar-refractivity contribution in [2.75, 3.05) is 32.8 Å². The molecule has 1 aliphatic heterocycles. The zero-order valence-corrected chi connectivity index (χ0v) is 15.4. The standard InChI is InChI=1S/C20H27ClN2O2/c21-18-6-4-5-17(15-18)7-8-19(24)22-16-20(9-2-1-3-10-20)23-11-13-25-14-12-23/h4-8,15H,1-3,9-14,16H2,(H,22,24)/b8-7-. The van der Waals surface area contributed by atoms with Gasteiger partial charge < -0.3 is 10.1 Å². The van der Waals surface area contributed by atoms with Crippen LogP contribution in [0.4, 0.5) is 0 Å². The molecule has 5 heteroatoms. The van der Waals surface area contributed by atoms with Crippen LogP contribution in [0.5, 0.6) is 0 Å². The molecule has 1 N–H and O–H groups in total. The van der Waals surface area contributed by atoms with E-state index in [-0.39, 0.29) is 11.4 Å². The van der Waals surface area contributed by atoms with Crippen LogP contribution in [0, 0.1) is 0 Å². The summed E-state index contributed by atoms with van der Waals surface area (Å²) in [6.45, 7) is 4.24. The molecule has 0 aromatic heterocycles. The Bertz CT molecular complexity index is 605. The maximum absolute atomic E-state index is 12.3. The van der Waals surface area contributed by atoms with Gasteiger partial charge in [-0.2, -0.15) is 0 Å². The molecule has 1 aromatic carbocycles. The minimum Gasteiger partial charge on any atom is -0.379 e. The zero-order chi connectivity index (χ0) is 17.5. The Hall–Kier alpha value is -1.36. The number of hydrogen-bond acceptors (Lipinski definition) is 3. The van der Waals surface area contributed by atoms with Gasteiger partial charge in [-0.15, -0.1) is 0 Å². The Morgan fingerprint density at radius 3 is 2.72 bits per heavy atom. The first-order valence-corrected chi connectivity index (χ1v) is 9.60. The Morgan fingerprint density at radius 2 is 2.00 bits per heavy atom. The highest BCUT2D eigenvalue weighted by Crippen LogP contribution is 2.33. The third-order valence-electron chi connectivity index (χ3n) is 5.33. The normalized spacial score (nSPS) is 21.3. The van der Waals surface area contributed by atoms with Crippen molar-refractivity contribution in [3.8, 4) is 0 Å². The summed E-state index contributed by atoms with van der Waals surface area (Å²) < 4.78 is 5.51. The number of carbonyl (C=O) groups excluding carboxylic acids is 1. The third kappa shape index (κ3) is 5.06. The highest BCUT2D eigenvalue weighted by molar-refractivity contribution is 6.30. The Morgan fingerprint density at radius 1 is 1.24 bits per heavy atom. The molecule has 0 spiro atoms. The van der Waals surface area contributed by atoms with Gasteiger partial charge in [0.2, 0.25) is 5.91 Å². The second-order valence-electron chi connectivity index (χ2n) is 6.99. The Kier molecular flexibility index (Phi) is 6.51. The molecule has 1 saturated carbocycles. The number of nitrogens with zero attached hydrogens (tertiary/aromatic N) is 1. The van der Waals surface area contributed by atoms with Gasteiger partial charge in [0.15, 0.2) is 0 Å². The molecule has 1 saturated heterocycles. The number of rotatable bonds is 5. The Balaban J connectivity index is 1.59. The lowest BCUT2D eigenvalue weighted by atomic mass is 9.79. The van der Waals surface area contributed by atoms with Crippen LogP contribution in [0.15, 0.2) is 30.3 Å². The van der Waals surface area contributed by atoms with Crippen molar-refractivity contribution in [1.82, 2.24) is 10.2 Å². The highest BCUT2D eigenvalue weighted by Gasteiger charge is 2.38. The summed E-state index contributed by atoms with van der Waals surface area (Å²) in [5, 5.41) is 3.81. The first-order chi connectivity index (χ1) is 12.2. The molecule has 2 aliphatic rings. The molecule has 0 bridgehead atoms. The molecule has 1 amide bonds. The van der Waals surface area contributed by atoms with Crippen molar-refractivity contribution in [2.24, 2.45) is 0 Å². The number of amides is 1. The summed E-state index contributed by atoms with van der Waals surface area (Å²) in [6, 6.07) is 7.50. The monoisotopic (exact) mass is 362 g/mol. The van der Waals surface area contributed by atoms with Crippen LogP contribution >= 0.6 is 11.6 Å². The number of carbonyl (C=O) groups is 1. The van der Waals surface area contributed by atoms with Crippen LogP contribution in [0.1, 0.15) is 37.7 Å². The maximum Gasteiger partial charge on any atom is 0.244 e. The summed E-state index contributed by atoms with van der Waals surface area (Å²) >= 11 is 5.98. The Labute approximate surface area is 155 Å². The molecular formula is C20H27ClN2O2.